The van der Waals surface area contributed by atoms with Crippen LogP contribution >= 0.6 is 11.8 Å². The number of nitrogens with zero attached hydrogens (tertiary/aromatic N) is 10. The molecular weight excluding hydrogens is 947 g/mol. The summed E-state index contributed by atoms with van der Waals surface area (Å²) in [4.78, 5) is 99.4. The molecule has 0 aliphatic carbocycles. The fourth-order valence-corrected chi connectivity index (χ4v) is 12.0. The predicted molar refractivity (Wildman–Crippen MR) is 277 cm³/mol. The van der Waals surface area contributed by atoms with Gasteiger partial charge < -0.3 is 30.7 Å². The van der Waals surface area contributed by atoms with Crippen molar-refractivity contribution in [3.05, 3.63) is 83.8 Å². The number of hydrogen-bond donors (Lipinski definition) is 3. The Labute approximate surface area is 430 Å². The number of rotatable bonds is 17. The second-order valence-corrected chi connectivity index (χ2v) is 21.8. The third kappa shape index (κ3) is 11.5. The number of amides is 6. The van der Waals surface area contributed by atoms with E-state index in [4.69, 9.17) is 5.73 Å². The molecule has 6 amide bonds. The van der Waals surface area contributed by atoms with Gasteiger partial charge in [0.1, 0.15) is 16.9 Å². The molecule has 0 spiro atoms. The number of fused-ring (bicyclic) bond motifs is 3. The minimum Gasteiger partial charge on any atom is -0.368 e. The third-order valence-electron chi connectivity index (χ3n) is 15.4. The first kappa shape index (κ1) is 50.0. The van der Waals surface area contributed by atoms with Gasteiger partial charge in [-0.2, -0.15) is 0 Å². The maximum absolute atomic E-state index is 13.6. The molecule has 4 aromatic rings. The lowest BCUT2D eigenvalue weighted by Gasteiger charge is -2.41. The first-order valence-electron chi connectivity index (χ1n) is 26.0. The van der Waals surface area contributed by atoms with Gasteiger partial charge in [0.25, 0.3) is 17.7 Å². The quantitative estimate of drug-likeness (QED) is 0.0922. The van der Waals surface area contributed by atoms with Crippen molar-refractivity contribution in [2.45, 2.75) is 124 Å². The van der Waals surface area contributed by atoms with Gasteiger partial charge in [-0.15, -0.1) is 10.2 Å². The van der Waals surface area contributed by atoms with Crippen LogP contribution in [0.25, 0.3) is 0 Å². The van der Waals surface area contributed by atoms with E-state index in [1.54, 1.807) is 29.2 Å². The van der Waals surface area contributed by atoms with Gasteiger partial charge in [-0.25, -0.2) is 9.97 Å². The molecule has 5 fully saturated rings. The summed E-state index contributed by atoms with van der Waals surface area (Å²) in [6, 6.07) is 16.6. The highest BCUT2D eigenvalue weighted by molar-refractivity contribution is 7.99. The number of nitrogens with two attached hydrogens (primary N) is 1. The van der Waals surface area contributed by atoms with Crippen molar-refractivity contribution in [3.8, 4) is 0 Å². The summed E-state index contributed by atoms with van der Waals surface area (Å²) in [6.07, 6.45) is 15.0. The SMILES string of the molecule is CC1(N)CCN(c2cnc(Sc3cccc(NC(=O)CCCCCCCCN4C5CCC4CN(c4ccc(C(=O)N6CCN(c7ccc8c(c7)C(=O)N(C7CCC(=O)NC7=O)C8=O)CC6)nn4)C5)c3)cn2)CC1. The molecule has 3 unspecified atom stereocenters. The number of piperazine rings is 2. The number of piperidine rings is 2. The Morgan fingerprint density at radius 2 is 1.49 bits per heavy atom. The van der Waals surface area contributed by atoms with Crippen molar-refractivity contribution in [2.24, 2.45) is 5.73 Å². The number of nitrogens with one attached hydrogen (secondary N) is 2. The molecule has 4 N–H and O–H groups in total. The molecule has 3 atom stereocenters. The minimum atomic E-state index is -1.02. The van der Waals surface area contributed by atoms with Gasteiger partial charge in [-0.3, -0.25) is 43.9 Å². The molecule has 6 aliphatic heterocycles. The number of imide groups is 2. The average Bonchev–Trinajstić information content (AvgIpc) is 3.77. The summed E-state index contributed by atoms with van der Waals surface area (Å²) >= 11 is 1.53. The molecule has 2 bridgehead atoms. The molecule has 8 heterocycles. The smallest absolute Gasteiger partial charge is 0.274 e. The summed E-state index contributed by atoms with van der Waals surface area (Å²) in [6.45, 7) is 8.66. The Balaban J connectivity index is 0.599. The number of carbonyl (C=O) groups is 6. The summed E-state index contributed by atoms with van der Waals surface area (Å²) in [7, 11) is 0. The monoisotopic (exact) mass is 1010 g/mol. The zero-order chi connectivity index (χ0) is 50.6. The third-order valence-corrected chi connectivity index (χ3v) is 16.3. The van der Waals surface area contributed by atoms with Crippen molar-refractivity contribution in [1.82, 2.24) is 40.2 Å². The van der Waals surface area contributed by atoms with Crippen molar-refractivity contribution in [3.63, 3.8) is 0 Å². The zero-order valence-corrected chi connectivity index (χ0v) is 42.4. The molecule has 10 rings (SSSR count). The largest absolute Gasteiger partial charge is 0.368 e. The van der Waals surface area contributed by atoms with Crippen molar-refractivity contribution in [1.29, 1.82) is 0 Å². The van der Waals surface area contributed by atoms with Crippen LogP contribution in [-0.4, -0.2) is 153 Å². The summed E-state index contributed by atoms with van der Waals surface area (Å²) < 4.78 is 0. The Kier molecular flexibility index (Phi) is 15.0. The van der Waals surface area contributed by atoms with Crippen molar-refractivity contribution in [2.75, 3.05) is 78.9 Å². The number of aromatic nitrogens is 4. The van der Waals surface area contributed by atoms with E-state index < -0.39 is 29.7 Å². The number of benzene rings is 2. The Bertz CT molecular complexity index is 2690. The summed E-state index contributed by atoms with van der Waals surface area (Å²) in [5.41, 5.74) is 8.48. The molecule has 20 heteroatoms. The van der Waals surface area contributed by atoms with Gasteiger partial charge in [0.2, 0.25) is 17.7 Å². The zero-order valence-electron chi connectivity index (χ0n) is 41.5. The fourth-order valence-electron chi connectivity index (χ4n) is 11.2. The van der Waals surface area contributed by atoms with E-state index in [0.717, 1.165) is 116 Å². The number of anilines is 4. The topological polar surface area (TPSA) is 223 Å². The van der Waals surface area contributed by atoms with Crippen LogP contribution in [0, 0.1) is 0 Å². The molecule has 5 saturated heterocycles. The second-order valence-electron chi connectivity index (χ2n) is 20.7. The predicted octanol–water partition coefficient (Wildman–Crippen LogP) is 5.12. The van der Waals surface area contributed by atoms with Crippen LogP contribution in [0.3, 0.4) is 0 Å². The Morgan fingerprint density at radius 1 is 0.753 bits per heavy atom. The molecule has 0 radical (unpaired) electrons. The molecular formula is C53H65N13O6S. The molecule has 6 aliphatic rings. The Hall–Kier alpha value is -6.51. The van der Waals surface area contributed by atoms with Gasteiger partial charge in [0.15, 0.2) is 11.5 Å². The first-order valence-corrected chi connectivity index (χ1v) is 26.9. The minimum absolute atomic E-state index is 0.0399. The van der Waals surface area contributed by atoms with Gasteiger partial charge in [-0.1, -0.05) is 43.5 Å². The lowest BCUT2D eigenvalue weighted by atomic mass is 9.91. The van der Waals surface area contributed by atoms with Crippen LogP contribution in [0.1, 0.15) is 122 Å². The van der Waals surface area contributed by atoms with E-state index in [-0.39, 0.29) is 41.3 Å². The van der Waals surface area contributed by atoms with Gasteiger partial charge in [-0.05, 0) is 107 Å². The number of carbonyl (C=O) groups excluding carboxylic acids is 6. The van der Waals surface area contributed by atoms with E-state index in [1.807, 2.05) is 42.7 Å². The van der Waals surface area contributed by atoms with Gasteiger partial charge >= 0.3 is 0 Å². The first-order chi connectivity index (χ1) is 35.4. The maximum Gasteiger partial charge on any atom is 0.274 e. The second kappa shape index (κ2) is 21.9. The van der Waals surface area contributed by atoms with Crippen LogP contribution in [-0.2, 0) is 14.4 Å². The Morgan fingerprint density at radius 3 is 2.21 bits per heavy atom. The van der Waals surface area contributed by atoms with Crippen molar-refractivity contribution < 1.29 is 28.8 Å². The van der Waals surface area contributed by atoms with E-state index >= 15 is 0 Å². The average molecular weight is 1010 g/mol. The molecule has 2 aromatic heterocycles. The molecule has 19 nitrogen and oxygen atoms in total. The van der Waals surface area contributed by atoms with Crippen LogP contribution < -0.4 is 31.1 Å². The van der Waals surface area contributed by atoms with Crippen LogP contribution in [0.4, 0.5) is 23.0 Å². The van der Waals surface area contributed by atoms with E-state index in [1.165, 1.54) is 31.0 Å². The highest BCUT2D eigenvalue weighted by atomic mass is 32.2. The molecule has 0 saturated carbocycles. The van der Waals surface area contributed by atoms with Gasteiger partial charge in [0.05, 0.1) is 23.5 Å². The highest BCUT2D eigenvalue weighted by Crippen LogP contribution is 2.34. The molecule has 2 aromatic carbocycles. The van der Waals surface area contributed by atoms with Gasteiger partial charge in [0, 0.05) is 99.1 Å². The van der Waals surface area contributed by atoms with Crippen LogP contribution in [0.5, 0.6) is 0 Å². The standard InChI is InChI=1S/C53H65N13O6S/c1-53(54)20-23-62(24-21-53)45-31-56-48(32-55-45)73-39-10-8-9-35(29-39)57-46(67)11-6-4-2-3-5-7-22-65-37-12-13-38(65)34-64(33-37)44-18-16-42(59-60-44)52(72)63-27-25-61(26-28-63)36-14-15-40-41(30-36)51(71)66(50(40)70)43-17-19-47(68)58-49(43)69/h8-10,14-16,18,29-32,37-38,43H,2-7,11-13,17,19-28,33-34,54H2,1H3,(H,57,67)(H,58,68,69). The summed E-state index contributed by atoms with van der Waals surface area (Å²) in [5, 5.41) is 15.0. The number of unbranched alkanes of at least 4 members (excludes halogenated alkanes) is 5. The van der Waals surface area contributed by atoms with Crippen LogP contribution in [0.15, 0.2) is 76.9 Å². The van der Waals surface area contributed by atoms with E-state index in [2.05, 4.69) is 57.3 Å². The molecule has 384 valence electrons. The lowest BCUT2D eigenvalue weighted by Crippen LogP contribution is -2.54. The maximum atomic E-state index is 13.6. The van der Waals surface area contributed by atoms with E-state index in [0.29, 0.717) is 50.4 Å². The lowest BCUT2D eigenvalue weighted by molar-refractivity contribution is -0.136. The van der Waals surface area contributed by atoms with Crippen molar-refractivity contribution >= 4 is 70.2 Å². The normalized spacial score (nSPS) is 21.9. The molecule has 73 heavy (non-hydrogen) atoms. The highest BCUT2D eigenvalue weighted by Gasteiger charge is 2.45. The fraction of sp³-hybridized carbons (Fsp3) is 0.509. The number of hydrogen-bond acceptors (Lipinski definition) is 16. The summed E-state index contributed by atoms with van der Waals surface area (Å²) in [5.74, 6) is -0.612. The van der Waals surface area contributed by atoms with Crippen LogP contribution in [0.2, 0.25) is 0 Å². The van der Waals surface area contributed by atoms with E-state index in [9.17, 15) is 28.8 Å².